The Morgan fingerprint density at radius 3 is 2.22 bits per heavy atom. The topological polar surface area (TPSA) is 28.7 Å². The molecule has 6 rings (SSSR count). The Morgan fingerprint density at radius 2 is 1.33 bits per heavy atom. The van der Waals surface area contributed by atoms with E-state index in [1.54, 1.807) is 6.20 Å². The standard InChI is InChI=1S/C25H16N2/c1-2-6-20-16(4-1)8-10-18-15-23-19(14-22(18)20)11-9-17-5-3-7-21(24(17)23)25-26-12-13-27-25/h1-15H,(H,26,27). The molecule has 0 aliphatic rings. The van der Waals surface area contributed by atoms with E-state index in [1.807, 2.05) is 6.20 Å². The van der Waals surface area contributed by atoms with E-state index in [0.29, 0.717) is 0 Å². The van der Waals surface area contributed by atoms with Crippen LogP contribution < -0.4 is 0 Å². The van der Waals surface area contributed by atoms with Crippen molar-refractivity contribution in [2.45, 2.75) is 0 Å². The lowest BCUT2D eigenvalue weighted by atomic mass is 9.93. The molecule has 2 nitrogen and oxygen atoms in total. The van der Waals surface area contributed by atoms with Crippen molar-refractivity contribution in [3.8, 4) is 11.4 Å². The highest BCUT2D eigenvalue weighted by Crippen LogP contribution is 2.36. The highest BCUT2D eigenvalue weighted by atomic mass is 14.9. The Balaban J connectivity index is 1.80. The van der Waals surface area contributed by atoms with Crippen molar-refractivity contribution in [1.82, 2.24) is 9.97 Å². The Hall–Kier alpha value is -3.65. The summed E-state index contributed by atoms with van der Waals surface area (Å²) < 4.78 is 0. The van der Waals surface area contributed by atoms with Crippen LogP contribution in [0.3, 0.4) is 0 Å². The van der Waals surface area contributed by atoms with E-state index in [4.69, 9.17) is 0 Å². The van der Waals surface area contributed by atoms with Crippen LogP contribution in [0.25, 0.3) is 54.5 Å². The van der Waals surface area contributed by atoms with Gasteiger partial charge in [0, 0.05) is 23.3 Å². The van der Waals surface area contributed by atoms with Crippen LogP contribution in [0.5, 0.6) is 0 Å². The lowest BCUT2D eigenvalue weighted by Gasteiger charge is -2.11. The van der Waals surface area contributed by atoms with Crippen molar-refractivity contribution in [3.63, 3.8) is 0 Å². The number of fused-ring (bicyclic) bond motifs is 6. The molecule has 2 heteroatoms. The first-order valence-electron chi connectivity index (χ1n) is 9.15. The van der Waals surface area contributed by atoms with Crippen molar-refractivity contribution in [1.29, 1.82) is 0 Å². The second-order valence-corrected chi connectivity index (χ2v) is 6.99. The predicted molar refractivity (Wildman–Crippen MR) is 114 cm³/mol. The molecule has 0 aliphatic carbocycles. The number of aromatic amines is 1. The number of nitrogens with zero attached hydrogens (tertiary/aromatic N) is 1. The number of imidazole rings is 1. The first kappa shape index (κ1) is 14.5. The number of rotatable bonds is 1. The van der Waals surface area contributed by atoms with Crippen LogP contribution in [0.15, 0.2) is 91.3 Å². The molecule has 126 valence electrons. The van der Waals surface area contributed by atoms with Gasteiger partial charge in [0.15, 0.2) is 0 Å². The third-order valence-corrected chi connectivity index (χ3v) is 5.48. The Labute approximate surface area is 156 Å². The number of hydrogen-bond acceptors (Lipinski definition) is 1. The summed E-state index contributed by atoms with van der Waals surface area (Å²) in [5, 5.41) is 10.2. The van der Waals surface area contributed by atoms with Gasteiger partial charge in [0.2, 0.25) is 0 Å². The van der Waals surface area contributed by atoms with Gasteiger partial charge >= 0.3 is 0 Å². The molecule has 1 N–H and O–H groups in total. The number of H-pyrrole nitrogens is 1. The van der Waals surface area contributed by atoms with Gasteiger partial charge in [-0.25, -0.2) is 4.98 Å². The van der Waals surface area contributed by atoms with Crippen molar-refractivity contribution in [2.75, 3.05) is 0 Å². The molecular weight excluding hydrogens is 328 g/mol. The van der Waals surface area contributed by atoms with Crippen LogP contribution in [-0.2, 0) is 0 Å². The van der Waals surface area contributed by atoms with Crippen LogP contribution in [0.1, 0.15) is 0 Å². The fourth-order valence-corrected chi connectivity index (χ4v) is 4.23. The van der Waals surface area contributed by atoms with Crippen molar-refractivity contribution in [2.24, 2.45) is 0 Å². The highest BCUT2D eigenvalue weighted by Gasteiger charge is 2.11. The summed E-state index contributed by atoms with van der Waals surface area (Å²) in [5.41, 5.74) is 1.14. The van der Waals surface area contributed by atoms with Crippen molar-refractivity contribution < 1.29 is 0 Å². The zero-order valence-corrected chi connectivity index (χ0v) is 14.6. The van der Waals surface area contributed by atoms with E-state index < -0.39 is 0 Å². The van der Waals surface area contributed by atoms with Gasteiger partial charge in [-0.3, -0.25) is 0 Å². The van der Waals surface area contributed by atoms with Gasteiger partial charge in [0.05, 0.1) is 0 Å². The minimum atomic E-state index is 0.909. The van der Waals surface area contributed by atoms with Gasteiger partial charge in [-0.15, -0.1) is 0 Å². The van der Waals surface area contributed by atoms with Gasteiger partial charge in [0.25, 0.3) is 0 Å². The molecule has 5 aromatic carbocycles. The summed E-state index contributed by atoms with van der Waals surface area (Å²) in [6.45, 7) is 0. The molecule has 0 aliphatic heterocycles. The summed E-state index contributed by atoms with van der Waals surface area (Å²) in [6.07, 6.45) is 3.68. The van der Waals surface area contributed by atoms with E-state index >= 15 is 0 Å². The monoisotopic (exact) mass is 344 g/mol. The van der Waals surface area contributed by atoms with Crippen LogP contribution in [0.4, 0.5) is 0 Å². The molecule has 0 unspecified atom stereocenters. The third kappa shape index (κ3) is 2.10. The number of hydrogen-bond donors (Lipinski definition) is 1. The number of aromatic nitrogens is 2. The van der Waals surface area contributed by atoms with Gasteiger partial charge < -0.3 is 4.98 Å². The van der Waals surface area contributed by atoms with Crippen LogP contribution >= 0.6 is 0 Å². The summed E-state index contributed by atoms with van der Waals surface area (Å²) >= 11 is 0. The lowest BCUT2D eigenvalue weighted by molar-refractivity contribution is 1.32. The normalized spacial score (nSPS) is 11.7. The van der Waals surface area contributed by atoms with Crippen LogP contribution in [-0.4, -0.2) is 9.97 Å². The molecule has 6 aromatic rings. The smallest absolute Gasteiger partial charge is 0.137 e. The molecule has 0 atom stereocenters. The summed E-state index contributed by atoms with van der Waals surface area (Å²) in [7, 11) is 0. The molecule has 27 heavy (non-hydrogen) atoms. The first-order valence-corrected chi connectivity index (χ1v) is 9.15. The fourth-order valence-electron chi connectivity index (χ4n) is 4.23. The zero-order valence-electron chi connectivity index (χ0n) is 14.6. The second-order valence-electron chi connectivity index (χ2n) is 6.99. The quantitative estimate of drug-likeness (QED) is 0.261. The summed E-state index contributed by atoms with van der Waals surface area (Å²) in [5.74, 6) is 0.909. The largest absolute Gasteiger partial charge is 0.345 e. The maximum Gasteiger partial charge on any atom is 0.137 e. The van der Waals surface area contributed by atoms with Gasteiger partial charge in [-0.1, -0.05) is 66.7 Å². The molecule has 0 bridgehead atoms. The average Bonchev–Trinajstić information content (AvgIpc) is 3.26. The molecule has 1 aromatic heterocycles. The minimum Gasteiger partial charge on any atom is -0.345 e. The number of nitrogens with one attached hydrogen (secondary N) is 1. The van der Waals surface area contributed by atoms with Crippen LogP contribution in [0, 0.1) is 0 Å². The molecule has 0 spiro atoms. The van der Waals surface area contributed by atoms with E-state index in [-0.39, 0.29) is 0 Å². The molecule has 0 amide bonds. The van der Waals surface area contributed by atoms with E-state index in [9.17, 15) is 0 Å². The molecule has 0 saturated heterocycles. The Kier molecular flexibility index (Phi) is 2.91. The minimum absolute atomic E-state index is 0.909. The maximum absolute atomic E-state index is 4.49. The van der Waals surface area contributed by atoms with Crippen LogP contribution in [0.2, 0.25) is 0 Å². The molecule has 0 radical (unpaired) electrons. The lowest BCUT2D eigenvalue weighted by Crippen LogP contribution is -1.86. The van der Waals surface area contributed by atoms with Crippen molar-refractivity contribution >= 4 is 43.1 Å². The first-order chi connectivity index (χ1) is 13.4. The zero-order chi connectivity index (χ0) is 17.8. The summed E-state index contributed by atoms with van der Waals surface area (Å²) in [6, 6.07) is 28.5. The third-order valence-electron chi connectivity index (χ3n) is 5.48. The predicted octanol–water partition coefficient (Wildman–Crippen LogP) is 6.69. The Morgan fingerprint density at radius 1 is 0.593 bits per heavy atom. The van der Waals surface area contributed by atoms with Gasteiger partial charge in [-0.2, -0.15) is 0 Å². The molecule has 1 heterocycles. The summed E-state index contributed by atoms with van der Waals surface area (Å²) in [4.78, 5) is 7.75. The molecule has 0 saturated carbocycles. The van der Waals surface area contributed by atoms with Gasteiger partial charge in [-0.05, 0) is 49.8 Å². The van der Waals surface area contributed by atoms with E-state index in [2.05, 4.69) is 88.8 Å². The SMILES string of the molecule is c1ccc2c(c1)ccc1cc3c(ccc4cccc(-c5ncc[nH]5)c43)cc12. The maximum atomic E-state index is 4.49. The number of benzene rings is 5. The fraction of sp³-hybridized carbons (Fsp3) is 0. The average molecular weight is 344 g/mol. The second kappa shape index (κ2) is 5.42. The van der Waals surface area contributed by atoms with E-state index in [1.165, 1.54) is 43.1 Å². The highest BCUT2D eigenvalue weighted by molar-refractivity contribution is 6.19. The molecular formula is C25H16N2. The molecule has 0 fully saturated rings. The van der Waals surface area contributed by atoms with E-state index in [0.717, 1.165) is 11.4 Å². The Bertz CT molecular complexity index is 1460. The van der Waals surface area contributed by atoms with Gasteiger partial charge in [0.1, 0.15) is 5.82 Å². The van der Waals surface area contributed by atoms with Crippen molar-refractivity contribution in [3.05, 3.63) is 91.3 Å².